The van der Waals surface area contributed by atoms with Gasteiger partial charge in [-0.15, -0.1) is 12.4 Å². The number of rotatable bonds is 0. The van der Waals surface area contributed by atoms with Gasteiger partial charge in [0.1, 0.15) is 5.78 Å². The number of hydrogen-bond donors (Lipinski definition) is 1. The highest BCUT2D eigenvalue weighted by Gasteiger charge is 2.34. The lowest BCUT2D eigenvalue weighted by atomic mass is 9.93. The fraction of sp³-hybridized carbons (Fsp3) is 0.875. The Kier molecular flexibility index (Phi) is 2.90. The number of halogens is 1. The van der Waals surface area contributed by atoms with Crippen LogP contribution in [-0.4, -0.2) is 18.4 Å². The average Bonchev–Trinajstić information content (AvgIpc) is 2.36. The second kappa shape index (κ2) is 3.55. The summed E-state index contributed by atoms with van der Waals surface area (Å²) in [6, 6.07) is 0.543. The van der Waals surface area contributed by atoms with Gasteiger partial charge in [-0.05, 0) is 12.8 Å². The molecule has 1 N–H and O–H groups in total. The van der Waals surface area contributed by atoms with Gasteiger partial charge in [0.25, 0.3) is 0 Å². The average molecular weight is 176 g/mol. The molecule has 64 valence electrons. The molecular formula is C8H14ClNO. The molecule has 2 unspecified atom stereocenters. The van der Waals surface area contributed by atoms with Crippen molar-refractivity contribution in [2.24, 2.45) is 5.92 Å². The zero-order valence-corrected chi connectivity index (χ0v) is 7.32. The maximum Gasteiger partial charge on any atom is 0.138 e. The first-order chi connectivity index (χ1) is 4.88. The van der Waals surface area contributed by atoms with Crippen molar-refractivity contribution in [3.63, 3.8) is 0 Å². The standard InChI is InChI=1S/C8H13NO.ClH/c10-8-4-5-9-7-3-1-2-6(7)8;/h6-7,9H,1-5H2;1H. The Morgan fingerprint density at radius 1 is 1.36 bits per heavy atom. The Morgan fingerprint density at radius 3 is 2.91 bits per heavy atom. The van der Waals surface area contributed by atoms with Gasteiger partial charge in [0.15, 0.2) is 0 Å². The van der Waals surface area contributed by atoms with Crippen molar-refractivity contribution in [3.8, 4) is 0 Å². The molecule has 0 amide bonds. The van der Waals surface area contributed by atoms with Crippen molar-refractivity contribution < 1.29 is 4.79 Å². The van der Waals surface area contributed by atoms with E-state index in [9.17, 15) is 4.79 Å². The molecule has 11 heavy (non-hydrogen) atoms. The highest BCUT2D eigenvalue weighted by atomic mass is 35.5. The van der Waals surface area contributed by atoms with Crippen LogP contribution in [-0.2, 0) is 4.79 Å². The predicted octanol–water partition coefficient (Wildman–Crippen LogP) is 1.14. The van der Waals surface area contributed by atoms with Crippen LogP contribution in [0.2, 0.25) is 0 Å². The molecule has 0 radical (unpaired) electrons. The molecule has 2 rings (SSSR count). The van der Waals surface area contributed by atoms with Crippen LogP contribution in [0.4, 0.5) is 0 Å². The van der Waals surface area contributed by atoms with E-state index >= 15 is 0 Å². The van der Waals surface area contributed by atoms with E-state index in [0.29, 0.717) is 17.7 Å². The molecule has 0 aromatic carbocycles. The van der Waals surface area contributed by atoms with Crippen molar-refractivity contribution in [3.05, 3.63) is 0 Å². The molecule has 0 bridgehead atoms. The number of hydrogen-bond acceptors (Lipinski definition) is 2. The number of piperidine rings is 1. The fourth-order valence-corrected chi connectivity index (χ4v) is 2.16. The highest BCUT2D eigenvalue weighted by Crippen LogP contribution is 2.29. The lowest BCUT2D eigenvalue weighted by Crippen LogP contribution is -2.43. The molecular weight excluding hydrogens is 162 g/mol. The first-order valence-electron chi connectivity index (χ1n) is 4.14. The summed E-state index contributed by atoms with van der Waals surface area (Å²) in [4.78, 5) is 11.2. The molecule has 3 heteroatoms. The van der Waals surface area contributed by atoms with Gasteiger partial charge in [0.2, 0.25) is 0 Å². The second-order valence-electron chi connectivity index (χ2n) is 3.31. The number of carbonyl (C=O) groups excluding carboxylic acids is 1. The topological polar surface area (TPSA) is 29.1 Å². The van der Waals surface area contributed by atoms with E-state index in [-0.39, 0.29) is 12.4 Å². The van der Waals surface area contributed by atoms with Crippen molar-refractivity contribution in [1.82, 2.24) is 5.32 Å². The van der Waals surface area contributed by atoms with Gasteiger partial charge in [-0.1, -0.05) is 6.42 Å². The van der Waals surface area contributed by atoms with Crippen molar-refractivity contribution >= 4 is 18.2 Å². The summed E-state index contributed by atoms with van der Waals surface area (Å²) in [5, 5.41) is 3.39. The first kappa shape index (κ1) is 9.01. The van der Waals surface area contributed by atoms with Crippen LogP contribution in [0, 0.1) is 5.92 Å². The summed E-state index contributed by atoms with van der Waals surface area (Å²) in [6.07, 6.45) is 4.36. The second-order valence-corrected chi connectivity index (χ2v) is 3.31. The number of fused-ring (bicyclic) bond motifs is 1. The Labute approximate surface area is 73.1 Å². The van der Waals surface area contributed by atoms with Gasteiger partial charge < -0.3 is 5.32 Å². The summed E-state index contributed by atoms with van der Waals surface area (Å²) in [5.74, 6) is 0.884. The van der Waals surface area contributed by atoms with Crippen LogP contribution in [0.15, 0.2) is 0 Å². The number of Topliss-reactive ketones (excluding diaryl/α,β-unsaturated/α-hetero) is 1. The lowest BCUT2D eigenvalue weighted by Gasteiger charge is -2.24. The molecule has 0 spiro atoms. The van der Waals surface area contributed by atoms with Crippen LogP contribution in [0.5, 0.6) is 0 Å². The summed E-state index contributed by atoms with van der Waals surface area (Å²) < 4.78 is 0. The molecule has 1 saturated heterocycles. The van der Waals surface area contributed by atoms with Gasteiger partial charge in [-0.3, -0.25) is 4.79 Å². The molecule has 1 aliphatic heterocycles. The number of ketones is 1. The SMILES string of the molecule is Cl.O=C1CCNC2CCCC12. The summed E-state index contributed by atoms with van der Waals surface area (Å²) in [6.45, 7) is 0.917. The maximum absolute atomic E-state index is 11.2. The maximum atomic E-state index is 11.2. The molecule has 0 aromatic rings. The lowest BCUT2D eigenvalue weighted by molar-refractivity contribution is -0.124. The van der Waals surface area contributed by atoms with Crippen LogP contribution in [0.3, 0.4) is 0 Å². The van der Waals surface area contributed by atoms with E-state index in [1.807, 2.05) is 0 Å². The molecule has 0 aromatic heterocycles. The van der Waals surface area contributed by atoms with E-state index in [1.165, 1.54) is 12.8 Å². The minimum absolute atomic E-state index is 0. The Hall–Kier alpha value is -0.0800. The Morgan fingerprint density at radius 2 is 2.18 bits per heavy atom. The molecule has 2 aliphatic rings. The van der Waals surface area contributed by atoms with E-state index in [2.05, 4.69) is 5.32 Å². The van der Waals surface area contributed by atoms with Crippen LogP contribution >= 0.6 is 12.4 Å². The normalized spacial score (nSPS) is 36.2. The molecule has 2 nitrogen and oxygen atoms in total. The summed E-state index contributed by atoms with van der Waals surface area (Å²) in [5.41, 5.74) is 0. The largest absolute Gasteiger partial charge is 0.313 e. The minimum atomic E-state index is 0. The highest BCUT2D eigenvalue weighted by molar-refractivity contribution is 5.85. The number of nitrogens with one attached hydrogen (secondary N) is 1. The van der Waals surface area contributed by atoms with E-state index in [0.717, 1.165) is 19.4 Å². The van der Waals surface area contributed by atoms with Gasteiger partial charge in [0.05, 0.1) is 0 Å². The third kappa shape index (κ3) is 1.57. The smallest absolute Gasteiger partial charge is 0.138 e. The molecule has 1 saturated carbocycles. The third-order valence-corrected chi connectivity index (χ3v) is 2.71. The van der Waals surface area contributed by atoms with Gasteiger partial charge in [-0.2, -0.15) is 0 Å². The summed E-state index contributed by atoms with van der Waals surface area (Å²) in [7, 11) is 0. The van der Waals surface area contributed by atoms with Crippen LogP contribution in [0.1, 0.15) is 25.7 Å². The quantitative estimate of drug-likeness (QED) is 0.598. The van der Waals surface area contributed by atoms with Crippen molar-refractivity contribution in [2.75, 3.05) is 6.54 Å². The zero-order chi connectivity index (χ0) is 6.97. The predicted molar refractivity (Wildman–Crippen MR) is 46.0 cm³/mol. The van der Waals surface area contributed by atoms with Gasteiger partial charge in [0, 0.05) is 24.9 Å². The van der Waals surface area contributed by atoms with Gasteiger partial charge in [-0.25, -0.2) is 0 Å². The fourth-order valence-electron chi connectivity index (χ4n) is 2.16. The molecule has 1 aliphatic carbocycles. The zero-order valence-electron chi connectivity index (χ0n) is 6.51. The van der Waals surface area contributed by atoms with Crippen LogP contribution in [0.25, 0.3) is 0 Å². The summed E-state index contributed by atoms with van der Waals surface area (Å²) >= 11 is 0. The Balaban J connectivity index is 0.000000605. The van der Waals surface area contributed by atoms with Crippen molar-refractivity contribution in [2.45, 2.75) is 31.7 Å². The minimum Gasteiger partial charge on any atom is -0.313 e. The third-order valence-electron chi connectivity index (χ3n) is 2.71. The first-order valence-corrected chi connectivity index (χ1v) is 4.14. The van der Waals surface area contributed by atoms with Gasteiger partial charge >= 0.3 is 0 Å². The number of carbonyl (C=O) groups is 1. The van der Waals surface area contributed by atoms with Crippen molar-refractivity contribution in [1.29, 1.82) is 0 Å². The van der Waals surface area contributed by atoms with E-state index in [4.69, 9.17) is 0 Å². The monoisotopic (exact) mass is 175 g/mol. The van der Waals surface area contributed by atoms with Crippen LogP contribution < -0.4 is 5.32 Å². The molecule has 2 atom stereocenters. The van der Waals surface area contributed by atoms with E-state index in [1.54, 1.807) is 0 Å². The molecule has 1 heterocycles. The Bertz CT molecular complexity index is 160. The molecule has 2 fully saturated rings. The van der Waals surface area contributed by atoms with E-state index < -0.39 is 0 Å².